The largest absolute Gasteiger partial charge is 0.489 e. The quantitative estimate of drug-likeness (QED) is 0.394. The first-order chi connectivity index (χ1) is 14.9. The molecule has 0 bridgehead atoms. The highest BCUT2D eigenvalue weighted by atomic mass is 35.5. The molecule has 1 heterocycles. The van der Waals surface area contributed by atoms with Crippen LogP contribution in [0, 0.1) is 0 Å². The summed E-state index contributed by atoms with van der Waals surface area (Å²) >= 11 is 6.69. The molecule has 1 saturated heterocycles. The van der Waals surface area contributed by atoms with Gasteiger partial charge < -0.3 is 9.47 Å². The predicted octanol–water partition coefficient (Wildman–Crippen LogP) is 5.30. The van der Waals surface area contributed by atoms with Gasteiger partial charge in [0.1, 0.15) is 18.9 Å². The summed E-state index contributed by atoms with van der Waals surface area (Å²) in [6.45, 7) is 3.62. The molecule has 162 valence electrons. The smallest absolute Gasteiger partial charge is 0.326 e. The summed E-state index contributed by atoms with van der Waals surface area (Å²) in [5.41, 5.74) is 1.68. The van der Waals surface area contributed by atoms with Gasteiger partial charge in [0.2, 0.25) is 0 Å². The molecule has 2 aromatic carbocycles. The lowest BCUT2D eigenvalue weighted by Gasteiger charge is -2.14. The van der Waals surface area contributed by atoms with E-state index in [1.807, 2.05) is 25.1 Å². The minimum Gasteiger partial charge on any atom is -0.489 e. The normalized spacial score (nSPS) is 16.0. The molecule has 0 aromatic heterocycles. The van der Waals surface area contributed by atoms with Crippen molar-refractivity contribution in [2.45, 2.75) is 33.0 Å². The van der Waals surface area contributed by atoms with E-state index in [4.69, 9.17) is 21.1 Å². The molecule has 1 aliphatic rings. The molecular weight excluding hydrogens is 438 g/mol. The highest BCUT2D eigenvalue weighted by Crippen LogP contribution is 2.32. The van der Waals surface area contributed by atoms with E-state index in [0.717, 1.165) is 22.2 Å². The lowest BCUT2D eigenvalue weighted by Crippen LogP contribution is -2.35. The summed E-state index contributed by atoms with van der Waals surface area (Å²) in [6.07, 6.45) is 2.00. The van der Waals surface area contributed by atoms with Crippen LogP contribution in [0.15, 0.2) is 53.4 Å². The minimum absolute atomic E-state index is 0.246. The van der Waals surface area contributed by atoms with Crippen molar-refractivity contribution in [3.05, 3.63) is 69.6 Å². The number of carbonyl (C=O) groups is 3. The van der Waals surface area contributed by atoms with E-state index in [0.29, 0.717) is 29.4 Å². The number of thioether (sulfide) groups is 1. The summed E-state index contributed by atoms with van der Waals surface area (Å²) in [6, 6.07) is 14.6. The number of ether oxygens (including phenoxy) is 2. The van der Waals surface area contributed by atoms with E-state index in [1.165, 1.54) is 0 Å². The van der Waals surface area contributed by atoms with Crippen LogP contribution < -0.4 is 4.74 Å². The molecule has 1 aliphatic heterocycles. The number of hydrogen-bond acceptors (Lipinski definition) is 6. The Balaban J connectivity index is 1.65. The van der Waals surface area contributed by atoms with Crippen molar-refractivity contribution < 1.29 is 23.9 Å². The van der Waals surface area contributed by atoms with Gasteiger partial charge in [-0.05, 0) is 66.6 Å². The fourth-order valence-corrected chi connectivity index (χ4v) is 3.67. The van der Waals surface area contributed by atoms with Crippen molar-refractivity contribution in [1.82, 2.24) is 4.90 Å². The topological polar surface area (TPSA) is 72.9 Å². The molecule has 0 unspecified atom stereocenters. The highest BCUT2D eigenvalue weighted by molar-refractivity contribution is 8.18. The molecule has 0 spiro atoms. The number of nitrogens with zero attached hydrogens (tertiary/aromatic N) is 1. The third-order valence-electron chi connectivity index (χ3n) is 4.54. The van der Waals surface area contributed by atoms with Gasteiger partial charge in [0.15, 0.2) is 0 Å². The van der Waals surface area contributed by atoms with E-state index in [9.17, 15) is 14.4 Å². The lowest BCUT2D eigenvalue weighted by atomic mass is 10.2. The molecular formula is C23H22ClNO5S. The van der Waals surface area contributed by atoms with E-state index >= 15 is 0 Å². The first kappa shape index (κ1) is 22.9. The van der Waals surface area contributed by atoms with Gasteiger partial charge in [0.25, 0.3) is 11.1 Å². The molecule has 0 radical (unpaired) electrons. The SMILES string of the molecule is CC[C@H](C)OC(=O)CN1C(=O)S/C(=C/c2cccc(OCc3ccc(Cl)cc3)c2)C1=O. The van der Waals surface area contributed by atoms with Crippen molar-refractivity contribution in [3.8, 4) is 5.75 Å². The van der Waals surface area contributed by atoms with Crippen molar-refractivity contribution in [3.63, 3.8) is 0 Å². The van der Waals surface area contributed by atoms with Crippen molar-refractivity contribution >= 4 is 46.6 Å². The fraction of sp³-hybridized carbons (Fsp3) is 0.261. The molecule has 6 nitrogen and oxygen atoms in total. The van der Waals surface area contributed by atoms with Crippen molar-refractivity contribution in [2.75, 3.05) is 6.54 Å². The molecule has 3 rings (SSSR count). The Hall–Kier alpha value is -2.77. The number of halogens is 1. The number of imide groups is 1. The Morgan fingerprint density at radius 1 is 1.19 bits per heavy atom. The molecule has 0 aliphatic carbocycles. The van der Waals surface area contributed by atoms with Gasteiger partial charge >= 0.3 is 5.97 Å². The third kappa shape index (κ3) is 6.35. The van der Waals surface area contributed by atoms with Gasteiger partial charge in [0, 0.05) is 5.02 Å². The van der Waals surface area contributed by atoms with E-state index in [-0.39, 0.29) is 11.0 Å². The molecule has 0 saturated carbocycles. The maximum absolute atomic E-state index is 12.6. The number of hydrogen-bond donors (Lipinski definition) is 0. The molecule has 8 heteroatoms. The minimum atomic E-state index is -0.601. The number of carbonyl (C=O) groups excluding carboxylic acids is 3. The van der Waals surface area contributed by atoms with Crippen molar-refractivity contribution in [2.24, 2.45) is 0 Å². The number of rotatable bonds is 8. The average molecular weight is 460 g/mol. The first-order valence-corrected chi connectivity index (χ1v) is 11.0. The maximum Gasteiger partial charge on any atom is 0.326 e. The van der Waals surface area contributed by atoms with Gasteiger partial charge in [0.05, 0.1) is 11.0 Å². The van der Waals surface area contributed by atoms with Gasteiger partial charge in [-0.1, -0.05) is 42.8 Å². The zero-order chi connectivity index (χ0) is 22.4. The van der Waals surface area contributed by atoms with E-state index < -0.39 is 23.7 Å². The Kier molecular flexibility index (Phi) is 7.76. The summed E-state index contributed by atoms with van der Waals surface area (Å²) in [4.78, 5) is 37.9. The van der Waals surface area contributed by atoms with Crippen LogP contribution in [0.1, 0.15) is 31.4 Å². The van der Waals surface area contributed by atoms with Gasteiger partial charge in [-0.15, -0.1) is 0 Å². The van der Waals surface area contributed by atoms with Crippen LogP contribution in [0.5, 0.6) is 5.75 Å². The average Bonchev–Trinajstić information content (AvgIpc) is 3.00. The van der Waals surface area contributed by atoms with Crippen molar-refractivity contribution in [1.29, 1.82) is 0 Å². The molecule has 1 atom stereocenters. The standard InChI is InChI=1S/C23H22ClNO5S/c1-3-15(2)30-21(26)13-25-22(27)20(31-23(25)28)12-17-5-4-6-19(11-17)29-14-16-7-9-18(24)10-8-16/h4-12,15H,3,13-14H2,1-2H3/b20-12+/t15-/m0/s1. The van der Waals surface area contributed by atoms with Crippen LogP contribution in [0.3, 0.4) is 0 Å². The predicted molar refractivity (Wildman–Crippen MR) is 121 cm³/mol. The fourth-order valence-electron chi connectivity index (χ4n) is 2.70. The van der Waals surface area contributed by atoms with Crippen LogP contribution in [-0.4, -0.2) is 34.7 Å². The second-order valence-electron chi connectivity index (χ2n) is 6.96. The van der Waals surface area contributed by atoms with Crippen LogP contribution >= 0.6 is 23.4 Å². The Morgan fingerprint density at radius 3 is 2.65 bits per heavy atom. The zero-order valence-corrected chi connectivity index (χ0v) is 18.7. The van der Waals surface area contributed by atoms with Gasteiger partial charge in [-0.3, -0.25) is 19.3 Å². The number of amides is 2. The lowest BCUT2D eigenvalue weighted by molar-refractivity contribution is -0.150. The first-order valence-electron chi connectivity index (χ1n) is 9.78. The Bertz CT molecular complexity index is 1010. The molecule has 1 fully saturated rings. The van der Waals surface area contributed by atoms with Crippen LogP contribution in [0.25, 0.3) is 6.08 Å². The zero-order valence-electron chi connectivity index (χ0n) is 17.2. The molecule has 31 heavy (non-hydrogen) atoms. The van der Waals surface area contributed by atoms with E-state index in [1.54, 1.807) is 43.3 Å². The molecule has 0 N–H and O–H groups in total. The van der Waals surface area contributed by atoms with Crippen LogP contribution in [-0.2, 0) is 20.9 Å². The summed E-state index contributed by atoms with van der Waals surface area (Å²) < 4.78 is 11.0. The third-order valence-corrected chi connectivity index (χ3v) is 5.70. The number of benzene rings is 2. The monoisotopic (exact) mass is 459 g/mol. The van der Waals surface area contributed by atoms with Gasteiger partial charge in [-0.2, -0.15) is 0 Å². The Morgan fingerprint density at radius 2 is 1.94 bits per heavy atom. The number of esters is 1. The van der Waals surface area contributed by atoms with Gasteiger partial charge in [-0.25, -0.2) is 0 Å². The summed E-state index contributed by atoms with van der Waals surface area (Å²) in [7, 11) is 0. The molecule has 2 amide bonds. The van der Waals surface area contributed by atoms with Crippen LogP contribution in [0.2, 0.25) is 5.02 Å². The van der Waals surface area contributed by atoms with Crippen LogP contribution in [0.4, 0.5) is 4.79 Å². The summed E-state index contributed by atoms with van der Waals surface area (Å²) in [5, 5.41) is 0.167. The van der Waals surface area contributed by atoms with E-state index in [2.05, 4.69) is 0 Å². The Labute approximate surface area is 190 Å². The highest BCUT2D eigenvalue weighted by Gasteiger charge is 2.36. The maximum atomic E-state index is 12.6. The summed E-state index contributed by atoms with van der Waals surface area (Å²) in [5.74, 6) is -0.487. The second kappa shape index (κ2) is 10.5. The molecule has 2 aromatic rings. The second-order valence-corrected chi connectivity index (χ2v) is 8.39.